The zero-order valence-electron chi connectivity index (χ0n) is 18.0. The third-order valence-corrected chi connectivity index (χ3v) is 5.02. The summed E-state index contributed by atoms with van der Waals surface area (Å²) in [5.74, 6) is 1.50. The average Bonchev–Trinajstić information content (AvgIpc) is 2.72. The quantitative estimate of drug-likeness (QED) is 0.343. The van der Waals surface area contributed by atoms with E-state index in [1.165, 1.54) is 11.1 Å². The van der Waals surface area contributed by atoms with Crippen LogP contribution in [0, 0.1) is 0 Å². The maximum atomic E-state index is 5.92. The van der Waals surface area contributed by atoms with E-state index in [0.717, 1.165) is 77.5 Å². The van der Waals surface area contributed by atoms with Gasteiger partial charge in [0.1, 0.15) is 0 Å². The highest BCUT2D eigenvalue weighted by molar-refractivity contribution is 5.79. The minimum atomic E-state index is 0.380. The molecule has 0 radical (unpaired) electrons. The Kier molecular flexibility index (Phi) is 11.0. The second-order valence-corrected chi connectivity index (χ2v) is 7.72. The van der Waals surface area contributed by atoms with Gasteiger partial charge in [-0.1, -0.05) is 38.1 Å². The van der Waals surface area contributed by atoms with E-state index in [0.29, 0.717) is 12.0 Å². The lowest BCUT2D eigenvalue weighted by molar-refractivity contribution is -0.0320. The van der Waals surface area contributed by atoms with Crippen molar-refractivity contribution in [2.24, 2.45) is 4.99 Å². The number of nitrogens with zero attached hydrogens (tertiary/aromatic N) is 1. The fourth-order valence-electron chi connectivity index (χ4n) is 3.26. The molecule has 0 amide bonds. The summed E-state index contributed by atoms with van der Waals surface area (Å²) in [7, 11) is 0. The van der Waals surface area contributed by atoms with E-state index in [4.69, 9.17) is 14.5 Å². The lowest BCUT2D eigenvalue weighted by atomic mass is 10.0. The number of hydrogen-bond donors (Lipinski definition) is 2. The van der Waals surface area contributed by atoms with E-state index in [1.54, 1.807) is 0 Å². The molecule has 2 rings (SSSR count). The van der Waals surface area contributed by atoms with Crippen molar-refractivity contribution in [1.29, 1.82) is 0 Å². The van der Waals surface area contributed by atoms with Crippen LogP contribution in [-0.2, 0) is 15.9 Å². The molecule has 5 nitrogen and oxygen atoms in total. The zero-order chi connectivity index (χ0) is 20.0. The summed E-state index contributed by atoms with van der Waals surface area (Å²) in [4.78, 5) is 4.70. The topological polar surface area (TPSA) is 54.9 Å². The molecule has 1 saturated heterocycles. The van der Waals surface area contributed by atoms with E-state index in [2.05, 4.69) is 55.7 Å². The van der Waals surface area contributed by atoms with Gasteiger partial charge in [-0.3, -0.25) is 4.99 Å². The molecule has 1 heterocycles. The Labute approximate surface area is 171 Å². The number of hydrogen-bond acceptors (Lipinski definition) is 3. The fourth-order valence-corrected chi connectivity index (χ4v) is 3.26. The molecule has 2 N–H and O–H groups in total. The van der Waals surface area contributed by atoms with Gasteiger partial charge in [0, 0.05) is 39.5 Å². The second kappa shape index (κ2) is 13.6. The molecule has 0 atom stereocenters. The van der Waals surface area contributed by atoms with E-state index < -0.39 is 0 Å². The molecule has 158 valence electrons. The van der Waals surface area contributed by atoms with Gasteiger partial charge in [0.05, 0.1) is 6.10 Å². The number of nitrogens with one attached hydrogen (secondary N) is 2. The third-order valence-electron chi connectivity index (χ3n) is 5.02. The minimum Gasteiger partial charge on any atom is -0.381 e. The van der Waals surface area contributed by atoms with Gasteiger partial charge in [-0.2, -0.15) is 0 Å². The van der Waals surface area contributed by atoms with Crippen LogP contribution in [0.3, 0.4) is 0 Å². The van der Waals surface area contributed by atoms with E-state index in [1.807, 2.05) is 0 Å². The maximum absolute atomic E-state index is 5.92. The standard InChI is InChI=1S/C23H39N3O2/c1-4-24-23(26-15-6-16-28-22-12-17-27-18-13-22)25-14-5-7-20-8-10-21(11-9-20)19(2)3/h8-11,19,22H,4-7,12-18H2,1-3H3,(H2,24,25,26). The number of aryl methyl sites for hydroxylation is 1. The molecule has 0 bridgehead atoms. The molecule has 0 aliphatic carbocycles. The average molecular weight is 390 g/mol. The molecule has 1 aliphatic heterocycles. The maximum Gasteiger partial charge on any atom is 0.191 e. The normalized spacial score (nSPS) is 15.8. The molecule has 5 heteroatoms. The first-order valence-electron chi connectivity index (χ1n) is 11.0. The van der Waals surface area contributed by atoms with Crippen LogP contribution in [0.25, 0.3) is 0 Å². The van der Waals surface area contributed by atoms with Crippen LogP contribution >= 0.6 is 0 Å². The number of aliphatic imine (C=N–C) groups is 1. The summed E-state index contributed by atoms with van der Waals surface area (Å²) in [6, 6.07) is 9.00. The lowest BCUT2D eigenvalue weighted by Crippen LogP contribution is -2.38. The number of ether oxygens (including phenoxy) is 2. The van der Waals surface area contributed by atoms with Crippen molar-refractivity contribution < 1.29 is 9.47 Å². The monoisotopic (exact) mass is 389 g/mol. The van der Waals surface area contributed by atoms with Crippen LogP contribution in [0.2, 0.25) is 0 Å². The number of rotatable bonds is 11. The molecule has 1 fully saturated rings. The van der Waals surface area contributed by atoms with Crippen LogP contribution in [0.1, 0.15) is 63.5 Å². The molecule has 1 aromatic carbocycles. The van der Waals surface area contributed by atoms with E-state index >= 15 is 0 Å². The first-order valence-corrected chi connectivity index (χ1v) is 11.0. The van der Waals surface area contributed by atoms with Crippen LogP contribution < -0.4 is 10.6 Å². The molecule has 0 unspecified atom stereocenters. The molecule has 1 aromatic rings. The molecular weight excluding hydrogens is 350 g/mol. The summed E-state index contributed by atoms with van der Waals surface area (Å²) in [5, 5.41) is 6.73. The Morgan fingerprint density at radius 2 is 1.89 bits per heavy atom. The SMILES string of the molecule is CCNC(=NCCCc1ccc(C(C)C)cc1)NCCCOC1CCOCC1. The summed E-state index contributed by atoms with van der Waals surface area (Å²) < 4.78 is 11.3. The predicted octanol–water partition coefficient (Wildman–Crippen LogP) is 3.88. The van der Waals surface area contributed by atoms with Crippen LogP contribution in [0.4, 0.5) is 0 Å². The molecule has 28 heavy (non-hydrogen) atoms. The van der Waals surface area contributed by atoms with E-state index in [-0.39, 0.29) is 0 Å². The van der Waals surface area contributed by atoms with Gasteiger partial charge in [0.2, 0.25) is 0 Å². The summed E-state index contributed by atoms with van der Waals surface area (Å²) in [6.45, 7) is 11.6. The van der Waals surface area contributed by atoms with Crippen LogP contribution in [0.5, 0.6) is 0 Å². The largest absolute Gasteiger partial charge is 0.381 e. The van der Waals surface area contributed by atoms with Gasteiger partial charge in [-0.25, -0.2) is 0 Å². The van der Waals surface area contributed by atoms with Crippen molar-refractivity contribution in [3.8, 4) is 0 Å². The fraction of sp³-hybridized carbons (Fsp3) is 0.696. The van der Waals surface area contributed by atoms with Gasteiger partial charge >= 0.3 is 0 Å². The van der Waals surface area contributed by atoms with Crippen molar-refractivity contribution in [2.75, 3.05) is 39.5 Å². The number of guanidine groups is 1. The Morgan fingerprint density at radius 3 is 2.57 bits per heavy atom. The van der Waals surface area contributed by atoms with Gasteiger partial charge in [-0.15, -0.1) is 0 Å². The van der Waals surface area contributed by atoms with Crippen molar-refractivity contribution in [3.63, 3.8) is 0 Å². The van der Waals surface area contributed by atoms with Gasteiger partial charge in [-0.05, 0) is 56.1 Å². The van der Waals surface area contributed by atoms with Gasteiger partial charge < -0.3 is 20.1 Å². The molecule has 1 aliphatic rings. The van der Waals surface area contributed by atoms with Gasteiger partial charge in [0.15, 0.2) is 5.96 Å². The van der Waals surface area contributed by atoms with Crippen molar-refractivity contribution in [2.45, 2.75) is 64.9 Å². The van der Waals surface area contributed by atoms with Crippen LogP contribution in [-0.4, -0.2) is 51.5 Å². The highest BCUT2D eigenvalue weighted by atomic mass is 16.5. The Hall–Kier alpha value is -1.59. The molecule has 0 aromatic heterocycles. The lowest BCUT2D eigenvalue weighted by Gasteiger charge is -2.22. The van der Waals surface area contributed by atoms with Crippen LogP contribution in [0.15, 0.2) is 29.3 Å². The smallest absolute Gasteiger partial charge is 0.191 e. The minimum absolute atomic E-state index is 0.380. The number of benzene rings is 1. The zero-order valence-corrected chi connectivity index (χ0v) is 18.0. The van der Waals surface area contributed by atoms with Crippen molar-refractivity contribution >= 4 is 5.96 Å². The first kappa shape index (κ1) is 22.7. The molecule has 0 spiro atoms. The highest BCUT2D eigenvalue weighted by Crippen LogP contribution is 2.15. The van der Waals surface area contributed by atoms with Crippen molar-refractivity contribution in [3.05, 3.63) is 35.4 Å². The predicted molar refractivity (Wildman–Crippen MR) is 117 cm³/mol. The second-order valence-electron chi connectivity index (χ2n) is 7.72. The Bertz CT molecular complexity index is 551. The first-order chi connectivity index (χ1) is 13.7. The molecular formula is C23H39N3O2. The highest BCUT2D eigenvalue weighted by Gasteiger charge is 2.13. The summed E-state index contributed by atoms with van der Waals surface area (Å²) >= 11 is 0. The Morgan fingerprint density at radius 1 is 1.14 bits per heavy atom. The molecule has 0 saturated carbocycles. The summed E-state index contributed by atoms with van der Waals surface area (Å²) in [6.07, 6.45) is 5.55. The van der Waals surface area contributed by atoms with E-state index in [9.17, 15) is 0 Å². The third kappa shape index (κ3) is 9.07. The van der Waals surface area contributed by atoms with Crippen molar-refractivity contribution in [1.82, 2.24) is 10.6 Å². The Balaban J connectivity index is 1.61. The van der Waals surface area contributed by atoms with Gasteiger partial charge in [0.25, 0.3) is 0 Å². The summed E-state index contributed by atoms with van der Waals surface area (Å²) in [5.41, 5.74) is 2.80.